The summed E-state index contributed by atoms with van der Waals surface area (Å²) in [5.74, 6) is 2.77. The number of carbonyl (C=O) groups is 1. The summed E-state index contributed by atoms with van der Waals surface area (Å²) >= 11 is 0. The van der Waals surface area contributed by atoms with Gasteiger partial charge in [-0.05, 0) is 43.6 Å². The number of carbonyl (C=O) groups excluding carboxylic acids is 1. The molecule has 5 unspecified atom stereocenters. The molecule has 1 N–H and O–H groups in total. The van der Waals surface area contributed by atoms with E-state index in [2.05, 4.69) is 24.1 Å². The van der Waals surface area contributed by atoms with Gasteiger partial charge in [0.25, 0.3) is 0 Å². The van der Waals surface area contributed by atoms with Crippen LogP contribution in [0.25, 0.3) is 0 Å². The Kier molecular flexibility index (Phi) is 3.84. The van der Waals surface area contributed by atoms with E-state index in [1.54, 1.807) is 0 Å². The summed E-state index contributed by atoms with van der Waals surface area (Å²) < 4.78 is 0. The number of likely N-dealkylation sites (tertiary alicyclic amines) is 1. The third-order valence-corrected chi connectivity index (χ3v) is 5.86. The molecular weight excluding hydrogens is 236 g/mol. The van der Waals surface area contributed by atoms with Gasteiger partial charge in [-0.25, -0.2) is 0 Å². The molecule has 108 valence electrons. The highest BCUT2D eigenvalue weighted by atomic mass is 16.2. The molecule has 1 amide bonds. The van der Waals surface area contributed by atoms with Crippen LogP contribution in [-0.4, -0.2) is 36.5 Å². The Morgan fingerprint density at radius 1 is 1.05 bits per heavy atom. The highest BCUT2D eigenvalue weighted by molar-refractivity contribution is 5.80. The van der Waals surface area contributed by atoms with E-state index < -0.39 is 0 Å². The summed E-state index contributed by atoms with van der Waals surface area (Å²) in [5.41, 5.74) is 0. The Morgan fingerprint density at radius 2 is 1.84 bits per heavy atom. The standard InChI is InChI=1S/C16H28N2O/c1-11-7-8-18(15-6-4-3-5-13(11)15)16(19)14-10-17-9-12(14)2/h11-15,17H,3-10H2,1-2H3. The minimum atomic E-state index is 0.232. The Morgan fingerprint density at radius 3 is 2.58 bits per heavy atom. The first kappa shape index (κ1) is 13.4. The van der Waals surface area contributed by atoms with Gasteiger partial charge in [0.15, 0.2) is 0 Å². The molecule has 5 atom stereocenters. The molecule has 2 saturated heterocycles. The van der Waals surface area contributed by atoms with Crippen LogP contribution in [0.2, 0.25) is 0 Å². The number of hydrogen-bond acceptors (Lipinski definition) is 2. The second-order valence-corrected chi connectivity index (χ2v) is 7.06. The summed E-state index contributed by atoms with van der Waals surface area (Å²) in [6, 6.07) is 0.554. The number of hydrogen-bond donors (Lipinski definition) is 1. The van der Waals surface area contributed by atoms with Crippen molar-refractivity contribution in [1.29, 1.82) is 0 Å². The third kappa shape index (κ3) is 2.42. The van der Waals surface area contributed by atoms with Crippen molar-refractivity contribution in [2.24, 2.45) is 23.7 Å². The van der Waals surface area contributed by atoms with E-state index in [9.17, 15) is 4.79 Å². The molecule has 2 heterocycles. The lowest BCUT2D eigenvalue weighted by molar-refractivity contribution is -0.144. The van der Waals surface area contributed by atoms with Crippen LogP contribution >= 0.6 is 0 Å². The lowest BCUT2D eigenvalue weighted by atomic mass is 9.72. The van der Waals surface area contributed by atoms with E-state index in [-0.39, 0.29) is 5.92 Å². The Bertz CT molecular complexity index is 344. The monoisotopic (exact) mass is 264 g/mol. The highest BCUT2D eigenvalue weighted by Crippen LogP contribution is 2.39. The van der Waals surface area contributed by atoms with Crippen molar-refractivity contribution >= 4 is 5.91 Å². The fourth-order valence-electron chi connectivity index (χ4n) is 4.54. The van der Waals surface area contributed by atoms with E-state index in [1.165, 1.54) is 32.1 Å². The molecule has 1 aliphatic carbocycles. The van der Waals surface area contributed by atoms with E-state index in [4.69, 9.17) is 0 Å². The van der Waals surface area contributed by atoms with Crippen molar-refractivity contribution in [2.45, 2.75) is 52.0 Å². The molecule has 3 rings (SSSR count). The lowest BCUT2D eigenvalue weighted by Crippen LogP contribution is -2.54. The Labute approximate surface area is 117 Å². The zero-order valence-corrected chi connectivity index (χ0v) is 12.4. The van der Waals surface area contributed by atoms with E-state index in [1.807, 2.05) is 0 Å². The summed E-state index contributed by atoms with van der Waals surface area (Å²) in [7, 11) is 0. The molecule has 19 heavy (non-hydrogen) atoms. The van der Waals surface area contributed by atoms with Crippen molar-refractivity contribution in [3.8, 4) is 0 Å². The molecule has 0 aromatic rings. The summed E-state index contributed by atoms with van der Waals surface area (Å²) in [4.78, 5) is 15.1. The number of amides is 1. The Balaban J connectivity index is 1.74. The molecular formula is C16H28N2O. The highest BCUT2D eigenvalue weighted by Gasteiger charge is 2.42. The van der Waals surface area contributed by atoms with Crippen LogP contribution in [0.5, 0.6) is 0 Å². The van der Waals surface area contributed by atoms with Gasteiger partial charge >= 0.3 is 0 Å². The molecule has 0 radical (unpaired) electrons. The topological polar surface area (TPSA) is 32.3 Å². The van der Waals surface area contributed by atoms with Crippen LogP contribution in [0.15, 0.2) is 0 Å². The average Bonchev–Trinajstić information content (AvgIpc) is 2.85. The van der Waals surface area contributed by atoms with E-state index in [0.717, 1.165) is 31.5 Å². The second kappa shape index (κ2) is 5.43. The zero-order chi connectivity index (χ0) is 13.4. The SMILES string of the molecule is CC1CNCC1C(=O)N1CCC(C)C2CCCCC21. The van der Waals surface area contributed by atoms with Gasteiger partial charge in [0.05, 0.1) is 5.92 Å². The maximum absolute atomic E-state index is 12.9. The normalized spacial score (nSPS) is 43.1. The number of fused-ring (bicyclic) bond motifs is 1. The van der Waals surface area contributed by atoms with Crippen LogP contribution in [0.4, 0.5) is 0 Å². The Hall–Kier alpha value is -0.570. The first-order valence-corrected chi connectivity index (χ1v) is 8.19. The van der Waals surface area contributed by atoms with Crippen molar-refractivity contribution in [1.82, 2.24) is 10.2 Å². The van der Waals surface area contributed by atoms with Crippen molar-refractivity contribution in [3.63, 3.8) is 0 Å². The number of piperidine rings is 1. The van der Waals surface area contributed by atoms with E-state index in [0.29, 0.717) is 17.9 Å². The molecule has 3 aliphatic rings. The van der Waals surface area contributed by atoms with Gasteiger partial charge in [0.1, 0.15) is 0 Å². The number of rotatable bonds is 1. The van der Waals surface area contributed by atoms with Crippen molar-refractivity contribution in [3.05, 3.63) is 0 Å². The van der Waals surface area contributed by atoms with Gasteiger partial charge in [-0.3, -0.25) is 4.79 Å². The predicted octanol–water partition coefficient (Wildman–Crippen LogP) is 2.27. The molecule has 2 aliphatic heterocycles. The molecule has 3 fully saturated rings. The molecule has 1 saturated carbocycles. The second-order valence-electron chi connectivity index (χ2n) is 7.06. The predicted molar refractivity (Wildman–Crippen MR) is 76.8 cm³/mol. The fraction of sp³-hybridized carbons (Fsp3) is 0.938. The van der Waals surface area contributed by atoms with Gasteiger partial charge in [0, 0.05) is 19.1 Å². The zero-order valence-electron chi connectivity index (χ0n) is 12.4. The average molecular weight is 264 g/mol. The van der Waals surface area contributed by atoms with Crippen LogP contribution in [-0.2, 0) is 4.79 Å². The van der Waals surface area contributed by atoms with Crippen LogP contribution < -0.4 is 5.32 Å². The molecule has 0 aromatic heterocycles. The van der Waals surface area contributed by atoms with Gasteiger partial charge in [-0.2, -0.15) is 0 Å². The summed E-state index contributed by atoms with van der Waals surface area (Å²) in [5, 5.41) is 3.38. The number of nitrogens with zero attached hydrogens (tertiary/aromatic N) is 1. The van der Waals surface area contributed by atoms with Gasteiger partial charge < -0.3 is 10.2 Å². The molecule has 0 aromatic carbocycles. The fourth-order valence-corrected chi connectivity index (χ4v) is 4.54. The van der Waals surface area contributed by atoms with Gasteiger partial charge in [-0.15, -0.1) is 0 Å². The maximum atomic E-state index is 12.9. The van der Waals surface area contributed by atoms with E-state index >= 15 is 0 Å². The third-order valence-electron chi connectivity index (χ3n) is 5.86. The minimum absolute atomic E-state index is 0.232. The van der Waals surface area contributed by atoms with Crippen LogP contribution in [0.3, 0.4) is 0 Å². The lowest BCUT2D eigenvalue weighted by Gasteiger charge is -2.48. The van der Waals surface area contributed by atoms with Gasteiger partial charge in [0.2, 0.25) is 5.91 Å². The smallest absolute Gasteiger partial charge is 0.227 e. The summed E-state index contributed by atoms with van der Waals surface area (Å²) in [6.45, 7) is 7.51. The first-order valence-electron chi connectivity index (χ1n) is 8.19. The quantitative estimate of drug-likeness (QED) is 0.788. The summed E-state index contributed by atoms with van der Waals surface area (Å²) in [6.07, 6.45) is 6.48. The van der Waals surface area contributed by atoms with Crippen molar-refractivity contribution < 1.29 is 4.79 Å². The number of nitrogens with one attached hydrogen (secondary N) is 1. The van der Waals surface area contributed by atoms with Crippen molar-refractivity contribution in [2.75, 3.05) is 19.6 Å². The van der Waals surface area contributed by atoms with Gasteiger partial charge in [-0.1, -0.05) is 26.7 Å². The maximum Gasteiger partial charge on any atom is 0.227 e. The molecule has 0 bridgehead atoms. The van der Waals surface area contributed by atoms with Crippen LogP contribution in [0.1, 0.15) is 46.0 Å². The largest absolute Gasteiger partial charge is 0.339 e. The first-order chi connectivity index (χ1) is 9.18. The molecule has 3 heteroatoms. The minimum Gasteiger partial charge on any atom is -0.339 e. The molecule has 0 spiro atoms. The van der Waals surface area contributed by atoms with Crippen LogP contribution in [0, 0.1) is 23.7 Å². The molecule has 3 nitrogen and oxygen atoms in total.